The van der Waals surface area contributed by atoms with Crippen LogP contribution in [-0.2, 0) is 0 Å². The minimum absolute atomic E-state index is 0.345. The Kier molecular flexibility index (Phi) is 4.31. The predicted octanol–water partition coefficient (Wildman–Crippen LogP) is 4.02. The van der Waals surface area contributed by atoms with Crippen LogP contribution in [0.15, 0.2) is 72.2 Å². The molecule has 0 spiro atoms. The lowest BCUT2D eigenvalue weighted by molar-refractivity contribution is 0.252. The highest BCUT2D eigenvalue weighted by molar-refractivity contribution is 7.13. The van der Waals surface area contributed by atoms with Gasteiger partial charge in [0.05, 0.1) is 11.4 Å². The first kappa shape index (κ1) is 14.1. The molecule has 1 aromatic heterocycles. The summed E-state index contributed by atoms with van der Waals surface area (Å²) in [5, 5.41) is 6.79. The average Bonchev–Trinajstić information content (AvgIpc) is 3.07. The second-order valence-corrected chi connectivity index (χ2v) is 5.30. The number of hydrogen-bond acceptors (Lipinski definition) is 4. The molecule has 0 saturated heterocycles. The van der Waals surface area contributed by atoms with Gasteiger partial charge < -0.3 is 0 Å². The van der Waals surface area contributed by atoms with Gasteiger partial charge in [-0.1, -0.05) is 36.4 Å². The number of benzene rings is 2. The first-order valence-electron chi connectivity index (χ1n) is 6.70. The number of nitrogens with zero attached hydrogens (tertiary/aromatic N) is 2. The van der Waals surface area contributed by atoms with Crippen molar-refractivity contribution >= 4 is 33.9 Å². The Labute approximate surface area is 132 Å². The highest BCUT2D eigenvalue weighted by Crippen LogP contribution is 2.22. The summed E-state index contributed by atoms with van der Waals surface area (Å²) in [6.45, 7) is 0. The van der Waals surface area contributed by atoms with Gasteiger partial charge in [0.2, 0.25) is 0 Å². The molecule has 22 heavy (non-hydrogen) atoms. The summed E-state index contributed by atoms with van der Waals surface area (Å²) < 4.78 is 0. The van der Waals surface area contributed by atoms with Crippen LogP contribution in [0.2, 0.25) is 0 Å². The van der Waals surface area contributed by atoms with E-state index in [0.29, 0.717) is 5.13 Å². The van der Waals surface area contributed by atoms with Crippen molar-refractivity contribution in [1.82, 2.24) is 10.4 Å². The number of anilines is 3. The predicted molar refractivity (Wildman–Crippen MR) is 89.3 cm³/mol. The molecule has 0 radical (unpaired) electrons. The lowest BCUT2D eigenvalue weighted by Crippen LogP contribution is -2.41. The van der Waals surface area contributed by atoms with E-state index in [9.17, 15) is 4.79 Å². The van der Waals surface area contributed by atoms with Crippen molar-refractivity contribution in [3.8, 4) is 0 Å². The van der Waals surface area contributed by atoms with E-state index >= 15 is 0 Å². The van der Waals surface area contributed by atoms with Crippen molar-refractivity contribution in [1.29, 1.82) is 0 Å². The van der Waals surface area contributed by atoms with Crippen LogP contribution in [0, 0.1) is 0 Å². The first-order valence-corrected chi connectivity index (χ1v) is 7.58. The zero-order valence-electron chi connectivity index (χ0n) is 11.6. The smallest absolute Gasteiger partial charge is 0.282 e. The summed E-state index contributed by atoms with van der Waals surface area (Å²) in [5.41, 5.74) is 4.57. The van der Waals surface area contributed by atoms with E-state index in [1.165, 1.54) is 11.3 Å². The zero-order chi connectivity index (χ0) is 15.2. The Morgan fingerprint density at radius 1 is 0.955 bits per heavy atom. The van der Waals surface area contributed by atoms with Crippen LogP contribution in [-0.4, -0.2) is 11.0 Å². The van der Waals surface area contributed by atoms with Gasteiger partial charge in [0.15, 0.2) is 5.13 Å². The summed E-state index contributed by atoms with van der Waals surface area (Å²) in [6.07, 6.45) is 1.65. The van der Waals surface area contributed by atoms with Crippen molar-refractivity contribution in [3.05, 3.63) is 72.2 Å². The molecule has 0 bridgehead atoms. The number of para-hydroxylation sites is 2. The van der Waals surface area contributed by atoms with Crippen LogP contribution in [0.4, 0.5) is 21.3 Å². The standard InChI is InChI=1S/C16H14N4OS/c21-15(18-16-17-11-12-22-16)19-20(13-7-3-1-4-8-13)14-9-5-2-6-10-14/h1-12H,(H2,17,18,19,21). The minimum atomic E-state index is -0.345. The van der Waals surface area contributed by atoms with Crippen LogP contribution in [0.3, 0.4) is 0 Å². The van der Waals surface area contributed by atoms with Gasteiger partial charge >= 0.3 is 6.03 Å². The molecule has 1 heterocycles. The third-order valence-corrected chi connectivity index (χ3v) is 3.58. The van der Waals surface area contributed by atoms with Gasteiger partial charge in [-0.05, 0) is 24.3 Å². The van der Waals surface area contributed by atoms with Gasteiger partial charge in [0.25, 0.3) is 0 Å². The molecule has 110 valence electrons. The maximum atomic E-state index is 12.2. The molecule has 3 rings (SSSR count). The normalized spacial score (nSPS) is 10.0. The Morgan fingerprint density at radius 2 is 1.55 bits per heavy atom. The largest absolute Gasteiger partial charge is 0.340 e. The highest BCUT2D eigenvalue weighted by atomic mass is 32.1. The van der Waals surface area contributed by atoms with E-state index in [1.54, 1.807) is 11.2 Å². The number of aromatic nitrogens is 1. The minimum Gasteiger partial charge on any atom is -0.282 e. The van der Waals surface area contributed by atoms with Crippen LogP contribution in [0.1, 0.15) is 0 Å². The Balaban J connectivity index is 1.81. The Bertz CT molecular complexity index is 677. The monoisotopic (exact) mass is 310 g/mol. The second-order valence-electron chi connectivity index (χ2n) is 4.41. The molecular formula is C16H14N4OS. The van der Waals surface area contributed by atoms with Gasteiger partial charge in [-0.3, -0.25) is 10.3 Å². The fourth-order valence-corrected chi connectivity index (χ4v) is 2.47. The molecular weight excluding hydrogens is 296 g/mol. The fourth-order valence-electron chi connectivity index (χ4n) is 1.94. The topological polar surface area (TPSA) is 57.3 Å². The first-order chi connectivity index (χ1) is 10.8. The maximum Gasteiger partial charge on any atom is 0.340 e. The second kappa shape index (κ2) is 6.73. The third kappa shape index (κ3) is 3.42. The molecule has 6 heteroatoms. The van der Waals surface area contributed by atoms with Gasteiger partial charge in [0, 0.05) is 11.6 Å². The number of hydrogen-bond donors (Lipinski definition) is 2. The lowest BCUT2D eigenvalue weighted by Gasteiger charge is -2.25. The molecule has 0 aliphatic heterocycles. The van der Waals surface area contributed by atoms with E-state index in [4.69, 9.17) is 0 Å². The number of urea groups is 1. The highest BCUT2D eigenvalue weighted by Gasteiger charge is 2.12. The number of hydrazine groups is 1. The van der Waals surface area contributed by atoms with Gasteiger partial charge in [0.1, 0.15) is 0 Å². The van der Waals surface area contributed by atoms with Crippen molar-refractivity contribution in [3.63, 3.8) is 0 Å². The van der Waals surface area contributed by atoms with E-state index in [1.807, 2.05) is 66.0 Å². The summed E-state index contributed by atoms with van der Waals surface area (Å²) in [6, 6.07) is 18.9. The number of thiazole rings is 1. The summed E-state index contributed by atoms with van der Waals surface area (Å²) in [4.78, 5) is 16.2. The van der Waals surface area contributed by atoms with Crippen LogP contribution in [0.5, 0.6) is 0 Å². The Morgan fingerprint density at radius 3 is 2.05 bits per heavy atom. The van der Waals surface area contributed by atoms with Crippen molar-refractivity contribution in [2.24, 2.45) is 0 Å². The van der Waals surface area contributed by atoms with E-state index < -0.39 is 0 Å². The molecule has 2 amide bonds. The van der Waals surface area contributed by atoms with Crippen LogP contribution < -0.4 is 15.8 Å². The van der Waals surface area contributed by atoms with E-state index in [2.05, 4.69) is 15.7 Å². The van der Waals surface area contributed by atoms with Gasteiger partial charge in [-0.2, -0.15) is 0 Å². The molecule has 0 atom stereocenters. The number of carbonyl (C=O) groups is 1. The quantitative estimate of drug-likeness (QED) is 0.716. The average molecular weight is 310 g/mol. The summed E-state index contributed by atoms with van der Waals surface area (Å²) in [5.74, 6) is 0. The molecule has 0 unspecified atom stereocenters. The van der Waals surface area contributed by atoms with E-state index in [0.717, 1.165) is 11.4 Å². The number of rotatable bonds is 4. The molecule has 2 aromatic carbocycles. The van der Waals surface area contributed by atoms with Crippen LogP contribution >= 0.6 is 11.3 Å². The SMILES string of the molecule is O=C(Nc1nccs1)NN(c1ccccc1)c1ccccc1. The summed E-state index contributed by atoms with van der Waals surface area (Å²) in [7, 11) is 0. The van der Waals surface area contributed by atoms with Gasteiger partial charge in [-0.15, -0.1) is 11.3 Å². The molecule has 5 nitrogen and oxygen atoms in total. The fraction of sp³-hybridized carbons (Fsp3) is 0. The van der Waals surface area contributed by atoms with Crippen molar-refractivity contribution in [2.45, 2.75) is 0 Å². The molecule has 0 fully saturated rings. The molecule has 2 N–H and O–H groups in total. The lowest BCUT2D eigenvalue weighted by atomic mass is 10.2. The Hall–Kier alpha value is -2.86. The van der Waals surface area contributed by atoms with Gasteiger partial charge in [-0.25, -0.2) is 15.2 Å². The zero-order valence-corrected chi connectivity index (χ0v) is 12.5. The number of amides is 2. The van der Waals surface area contributed by atoms with Crippen LogP contribution in [0.25, 0.3) is 0 Å². The molecule has 3 aromatic rings. The van der Waals surface area contributed by atoms with E-state index in [-0.39, 0.29) is 6.03 Å². The number of carbonyl (C=O) groups excluding carboxylic acids is 1. The van der Waals surface area contributed by atoms with Crippen molar-refractivity contribution in [2.75, 3.05) is 10.3 Å². The number of nitrogens with one attached hydrogen (secondary N) is 2. The maximum absolute atomic E-state index is 12.2. The molecule has 0 aliphatic rings. The molecule has 0 saturated carbocycles. The molecule has 0 aliphatic carbocycles. The third-order valence-electron chi connectivity index (χ3n) is 2.89. The van der Waals surface area contributed by atoms with Crippen molar-refractivity contribution < 1.29 is 4.79 Å². The summed E-state index contributed by atoms with van der Waals surface area (Å²) >= 11 is 1.37.